The number of amides is 1. The molecule has 0 aliphatic carbocycles. The van der Waals surface area contributed by atoms with Crippen LogP contribution in [0.25, 0.3) is 0 Å². The molecule has 0 saturated carbocycles. The minimum Gasteiger partial charge on any atom is -0.497 e. The van der Waals surface area contributed by atoms with Crippen molar-refractivity contribution in [2.45, 2.75) is 6.61 Å². The van der Waals surface area contributed by atoms with Crippen LogP contribution >= 0.6 is 0 Å². The number of halogens is 2. The molecule has 128 valence electrons. The standard InChI is InChI=1S/C17H17F2NO4/c1-22-12-6-8-13(9-7-12)23-11-10-20-16(21)14-4-2-3-5-15(14)24-17(18)19/h2-9,17H,10-11H2,1H3,(H,20,21). The molecule has 0 aromatic heterocycles. The molecule has 0 spiro atoms. The molecule has 24 heavy (non-hydrogen) atoms. The van der Waals surface area contributed by atoms with E-state index < -0.39 is 12.5 Å². The number of para-hydroxylation sites is 1. The molecule has 2 aromatic rings. The van der Waals surface area contributed by atoms with Crippen LogP contribution in [0.2, 0.25) is 0 Å². The summed E-state index contributed by atoms with van der Waals surface area (Å²) in [7, 11) is 1.57. The summed E-state index contributed by atoms with van der Waals surface area (Å²) >= 11 is 0. The monoisotopic (exact) mass is 337 g/mol. The lowest BCUT2D eigenvalue weighted by atomic mass is 10.2. The van der Waals surface area contributed by atoms with E-state index in [1.807, 2.05) is 0 Å². The van der Waals surface area contributed by atoms with E-state index in [2.05, 4.69) is 10.1 Å². The Labute approximate surface area is 138 Å². The van der Waals surface area contributed by atoms with Crippen molar-refractivity contribution in [2.75, 3.05) is 20.3 Å². The summed E-state index contributed by atoms with van der Waals surface area (Å²) in [4.78, 5) is 12.0. The SMILES string of the molecule is COc1ccc(OCCNC(=O)c2ccccc2OC(F)F)cc1. The molecule has 7 heteroatoms. The number of ether oxygens (including phenoxy) is 3. The van der Waals surface area contributed by atoms with E-state index in [1.165, 1.54) is 18.2 Å². The summed E-state index contributed by atoms with van der Waals surface area (Å²) < 4.78 is 39.5. The van der Waals surface area contributed by atoms with Crippen molar-refractivity contribution >= 4 is 5.91 Å². The third-order valence-electron chi connectivity index (χ3n) is 3.06. The third kappa shape index (κ3) is 5.12. The van der Waals surface area contributed by atoms with Crippen LogP contribution in [0.4, 0.5) is 8.78 Å². The van der Waals surface area contributed by atoms with Gasteiger partial charge >= 0.3 is 6.61 Å². The maximum absolute atomic E-state index is 12.3. The van der Waals surface area contributed by atoms with Crippen molar-refractivity contribution in [3.8, 4) is 17.2 Å². The fourth-order valence-corrected chi connectivity index (χ4v) is 1.95. The molecule has 2 aromatic carbocycles. The number of alkyl halides is 2. The molecular formula is C17H17F2NO4. The van der Waals surface area contributed by atoms with Gasteiger partial charge in [-0.1, -0.05) is 12.1 Å². The smallest absolute Gasteiger partial charge is 0.387 e. The van der Waals surface area contributed by atoms with Crippen molar-refractivity contribution in [2.24, 2.45) is 0 Å². The molecule has 1 N–H and O–H groups in total. The lowest BCUT2D eigenvalue weighted by Gasteiger charge is -2.11. The minimum atomic E-state index is -2.99. The molecule has 0 aliphatic rings. The fraction of sp³-hybridized carbons (Fsp3) is 0.235. The van der Waals surface area contributed by atoms with Crippen molar-refractivity contribution in [3.05, 3.63) is 54.1 Å². The van der Waals surface area contributed by atoms with E-state index in [9.17, 15) is 13.6 Å². The van der Waals surface area contributed by atoms with Gasteiger partial charge in [0.25, 0.3) is 5.91 Å². The highest BCUT2D eigenvalue weighted by molar-refractivity contribution is 5.96. The number of nitrogens with one attached hydrogen (secondary N) is 1. The van der Waals surface area contributed by atoms with Crippen LogP contribution in [0.5, 0.6) is 17.2 Å². The average molecular weight is 337 g/mol. The Hall–Kier alpha value is -2.83. The molecule has 0 radical (unpaired) electrons. The Morgan fingerprint density at radius 1 is 1.08 bits per heavy atom. The molecule has 0 fully saturated rings. The van der Waals surface area contributed by atoms with Gasteiger partial charge in [0.1, 0.15) is 23.9 Å². The highest BCUT2D eigenvalue weighted by Crippen LogP contribution is 2.20. The van der Waals surface area contributed by atoms with Crippen LogP contribution in [-0.4, -0.2) is 32.8 Å². The molecule has 0 heterocycles. The number of rotatable bonds is 8. The van der Waals surface area contributed by atoms with Crippen molar-refractivity contribution in [1.29, 1.82) is 0 Å². The normalized spacial score (nSPS) is 10.3. The number of hydrogen-bond acceptors (Lipinski definition) is 4. The number of carbonyl (C=O) groups excluding carboxylic acids is 1. The maximum atomic E-state index is 12.3. The largest absolute Gasteiger partial charge is 0.497 e. The van der Waals surface area contributed by atoms with Crippen LogP contribution < -0.4 is 19.5 Å². The average Bonchev–Trinajstić information content (AvgIpc) is 2.59. The first kappa shape index (κ1) is 17.5. The van der Waals surface area contributed by atoms with Crippen LogP contribution in [0.3, 0.4) is 0 Å². The molecule has 0 aliphatic heterocycles. The van der Waals surface area contributed by atoms with Gasteiger partial charge in [0.05, 0.1) is 19.2 Å². The second kappa shape index (κ2) is 8.71. The zero-order chi connectivity index (χ0) is 17.4. The summed E-state index contributed by atoms with van der Waals surface area (Å²) in [5, 5.41) is 2.59. The Balaban J connectivity index is 1.82. The Morgan fingerprint density at radius 2 is 1.75 bits per heavy atom. The maximum Gasteiger partial charge on any atom is 0.387 e. The van der Waals surface area contributed by atoms with Gasteiger partial charge in [-0.25, -0.2) is 0 Å². The van der Waals surface area contributed by atoms with Crippen LogP contribution in [0.1, 0.15) is 10.4 Å². The van der Waals surface area contributed by atoms with Gasteiger partial charge in [0.15, 0.2) is 0 Å². The first-order chi connectivity index (χ1) is 11.6. The van der Waals surface area contributed by atoms with Gasteiger partial charge in [0, 0.05) is 0 Å². The molecule has 0 saturated heterocycles. The summed E-state index contributed by atoms with van der Waals surface area (Å²) in [6.07, 6.45) is 0. The molecule has 0 unspecified atom stereocenters. The highest BCUT2D eigenvalue weighted by Gasteiger charge is 2.14. The molecule has 1 amide bonds. The zero-order valence-corrected chi connectivity index (χ0v) is 13.0. The number of benzene rings is 2. The number of carbonyl (C=O) groups is 1. The quantitative estimate of drug-likeness (QED) is 0.752. The number of hydrogen-bond donors (Lipinski definition) is 1. The number of methoxy groups -OCH3 is 1. The molecular weight excluding hydrogens is 320 g/mol. The van der Waals surface area contributed by atoms with Crippen LogP contribution in [0.15, 0.2) is 48.5 Å². The van der Waals surface area contributed by atoms with Crippen LogP contribution in [-0.2, 0) is 0 Å². The van der Waals surface area contributed by atoms with E-state index in [4.69, 9.17) is 9.47 Å². The summed E-state index contributed by atoms with van der Waals surface area (Å²) in [6, 6.07) is 12.8. The summed E-state index contributed by atoms with van der Waals surface area (Å²) in [5.74, 6) is 0.670. The van der Waals surface area contributed by atoms with Crippen molar-refractivity contribution < 1.29 is 27.8 Å². The van der Waals surface area contributed by atoms with E-state index in [0.717, 1.165) is 0 Å². The molecule has 5 nitrogen and oxygen atoms in total. The second-order valence-corrected chi connectivity index (χ2v) is 4.65. The Kier molecular flexibility index (Phi) is 6.36. The molecule has 0 atom stereocenters. The summed E-state index contributed by atoms with van der Waals surface area (Å²) in [6.45, 7) is -2.54. The van der Waals surface area contributed by atoms with Gasteiger partial charge in [-0.2, -0.15) is 8.78 Å². The summed E-state index contributed by atoms with van der Waals surface area (Å²) in [5.41, 5.74) is 0.0437. The van der Waals surface area contributed by atoms with Gasteiger partial charge in [-0.3, -0.25) is 4.79 Å². The van der Waals surface area contributed by atoms with Gasteiger partial charge in [-0.05, 0) is 36.4 Å². The molecule has 0 bridgehead atoms. The van der Waals surface area contributed by atoms with Crippen LogP contribution in [0, 0.1) is 0 Å². The zero-order valence-electron chi connectivity index (χ0n) is 13.0. The topological polar surface area (TPSA) is 56.8 Å². The molecule has 2 rings (SSSR count). The lowest BCUT2D eigenvalue weighted by molar-refractivity contribution is -0.0501. The Morgan fingerprint density at radius 3 is 2.42 bits per heavy atom. The van der Waals surface area contributed by atoms with E-state index in [0.29, 0.717) is 11.5 Å². The van der Waals surface area contributed by atoms with Crippen molar-refractivity contribution in [3.63, 3.8) is 0 Å². The van der Waals surface area contributed by atoms with Gasteiger partial charge in [0.2, 0.25) is 0 Å². The van der Waals surface area contributed by atoms with E-state index in [1.54, 1.807) is 37.4 Å². The second-order valence-electron chi connectivity index (χ2n) is 4.65. The minimum absolute atomic E-state index is 0.0437. The Bertz CT molecular complexity index is 662. The van der Waals surface area contributed by atoms with Gasteiger partial charge < -0.3 is 19.5 Å². The van der Waals surface area contributed by atoms with Crippen molar-refractivity contribution in [1.82, 2.24) is 5.32 Å². The first-order valence-electron chi connectivity index (χ1n) is 7.19. The predicted molar refractivity (Wildman–Crippen MR) is 83.9 cm³/mol. The third-order valence-corrected chi connectivity index (χ3v) is 3.06. The van der Waals surface area contributed by atoms with Gasteiger partial charge in [-0.15, -0.1) is 0 Å². The predicted octanol–water partition coefficient (Wildman–Crippen LogP) is 3.11. The fourth-order valence-electron chi connectivity index (χ4n) is 1.95. The lowest BCUT2D eigenvalue weighted by Crippen LogP contribution is -2.28. The van der Waals surface area contributed by atoms with E-state index in [-0.39, 0.29) is 24.5 Å². The highest BCUT2D eigenvalue weighted by atomic mass is 19.3. The first-order valence-corrected chi connectivity index (χ1v) is 7.19. The van der Waals surface area contributed by atoms with E-state index >= 15 is 0 Å².